The van der Waals surface area contributed by atoms with Crippen molar-refractivity contribution in [3.63, 3.8) is 0 Å². The van der Waals surface area contributed by atoms with E-state index >= 15 is 0 Å². The molecular formula is C16H20BrNOS. The van der Waals surface area contributed by atoms with E-state index in [1.165, 1.54) is 10.4 Å². The molecule has 0 aliphatic heterocycles. The van der Waals surface area contributed by atoms with E-state index in [0.717, 1.165) is 16.8 Å². The number of thiophene rings is 1. The summed E-state index contributed by atoms with van der Waals surface area (Å²) < 4.78 is 7.08. The molecule has 0 fully saturated rings. The summed E-state index contributed by atoms with van der Waals surface area (Å²) in [6.07, 6.45) is 0.175. The molecule has 0 bridgehead atoms. The average Bonchev–Trinajstić information content (AvgIpc) is 2.83. The van der Waals surface area contributed by atoms with E-state index in [9.17, 15) is 0 Å². The third kappa shape index (κ3) is 3.84. The van der Waals surface area contributed by atoms with Crippen LogP contribution in [0.2, 0.25) is 0 Å². The van der Waals surface area contributed by atoms with Gasteiger partial charge in [-0.05, 0) is 48.5 Å². The van der Waals surface area contributed by atoms with Crippen molar-refractivity contribution < 1.29 is 4.74 Å². The molecule has 2 rings (SSSR count). The largest absolute Gasteiger partial charge is 0.491 e. The Labute approximate surface area is 133 Å². The quantitative estimate of drug-likeness (QED) is 0.789. The van der Waals surface area contributed by atoms with Gasteiger partial charge < -0.3 is 10.1 Å². The molecule has 1 aromatic carbocycles. The van der Waals surface area contributed by atoms with Crippen LogP contribution in [0.3, 0.4) is 0 Å². The Morgan fingerprint density at radius 3 is 2.65 bits per heavy atom. The van der Waals surface area contributed by atoms with E-state index in [2.05, 4.69) is 65.6 Å². The van der Waals surface area contributed by atoms with E-state index in [-0.39, 0.29) is 12.1 Å². The van der Waals surface area contributed by atoms with Crippen molar-refractivity contribution in [3.8, 4) is 5.75 Å². The van der Waals surface area contributed by atoms with Crippen molar-refractivity contribution >= 4 is 27.3 Å². The molecule has 0 saturated carbocycles. The maximum atomic E-state index is 5.95. The lowest BCUT2D eigenvalue weighted by Crippen LogP contribution is -2.22. The highest BCUT2D eigenvalue weighted by molar-refractivity contribution is 9.10. The second-order valence-electron chi connectivity index (χ2n) is 4.86. The van der Waals surface area contributed by atoms with E-state index < -0.39 is 0 Å². The number of halogens is 1. The molecule has 20 heavy (non-hydrogen) atoms. The number of rotatable bonds is 6. The number of hydrogen-bond acceptors (Lipinski definition) is 3. The van der Waals surface area contributed by atoms with Crippen LogP contribution >= 0.6 is 27.3 Å². The van der Waals surface area contributed by atoms with Crippen molar-refractivity contribution in [1.82, 2.24) is 5.32 Å². The highest BCUT2D eigenvalue weighted by Crippen LogP contribution is 2.34. The predicted molar refractivity (Wildman–Crippen MR) is 89.7 cm³/mol. The van der Waals surface area contributed by atoms with Gasteiger partial charge in [-0.1, -0.05) is 25.1 Å². The Hall–Kier alpha value is -0.840. The molecule has 2 nitrogen and oxygen atoms in total. The zero-order chi connectivity index (χ0) is 14.5. The summed E-state index contributed by atoms with van der Waals surface area (Å²) in [5.41, 5.74) is 1.19. The lowest BCUT2D eigenvalue weighted by atomic mass is 10.0. The standard InChI is InChI=1S/C16H20BrNOS/c1-4-18-16(15-9-12(17)10-20-15)13-7-5-6-8-14(13)19-11(2)3/h5-11,16,18H,4H2,1-3H3. The minimum atomic E-state index is 0.172. The second kappa shape index (κ2) is 7.25. The summed E-state index contributed by atoms with van der Waals surface area (Å²) in [6, 6.07) is 10.6. The molecule has 4 heteroatoms. The highest BCUT2D eigenvalue weighted by atomic mass is 79.9. The fourth-order valence-electron chi connectivity index (χ4n) is 2.13. The van der Waals surface area contributed by atoms with E-state index in [1.807, 2.05) is 12.1 Å². The minimum absolute atomic E-state index is 0.172. The van der Waals surface area contributed by atoms with Gasteiger partial charge in [0, 0.05) is 20.3 Å². The summed E-state index contributed by atoms with van der Waals surface area (Å²) in [4.78, 5) is 1.29. The minimum Gasteiger partial charge on any atom is -0.491 e. The van der Waals surface area contributed by atoms with Gasteiger partial charge in [-0.15, -0.1) is 11.3 Å². The van der Waals surface area contributed by atoms with Crippen molar-refractivity contribution in [3.05, 3.63) is 50.6 Å². The summed E-state index contributed by atoms with van der Waals surface area (Å²) in [5.74, 6) is 0.956. The van der Waals surface area contributed by atoms with Gasteiger partial charge in [0.05, 0.1) is 12.1 Å². The molecule has 1 unspecified atom stereocenters. The van der Waals surface area contributed by atoms with Gasteiger partial charge in [0.2, 0.25) is 0 Å². The van der Waals surface area contributed by atoms with Gasteiger partial charge in [-0.2, -0.15) is 0 Å². The Balaban J connectivity index is 2.38. The molecular weight excluding hydrogens is 334 g/mol. The molecule has 1 atom stereocenters. The van der Waals surface area contributed by atoms with Gasteiger partial charge >= 0.3 is 0 Å². The highest BCUT2D eigenvalue weighted by Gasteiger charge is 2.19. The first kappa shape index (κ1) is 15.5. The van der Waals surface area contributed by atoms with Gasteiger partial charge in [-0.3, -0.25) is 0 Å². The molecule has 0 amide bonds. The smallest absolute Gasteiger partial charge is 0.124 e. The molecule has 2 aromatic rings. The van der Waals surface area contributed by atoms with Crippen molar-refractivity contribution in [2.75, 3.05) is 6.54 Å². The molecule has 1 N–H and O–H groups in total. The molecule has 1 aromatic heterocycles. The van der Waals surface area contributed by atoms with Gasteiger partial charge in [0.15, 0.2) is 0 Å². The number of ether oxygens (including phenoxy) is 1. The van der Waals surface area contributed by atoms with Crippen LogP contribution in [0.5, 0.6) is 5.75 Å². The monoisotopic (exact) mass is 353 g/mol. The topological polar surface area (TPSA) is 21.3 Å². The number of nitrogens with one attached hydrogen (secondary N) is 1. The molecule has 108 valence electrons. The predicted octanol–water partition coefficient (Wildman–Crippen LogP) is 5.00. The summed E-state index contributed by atoms with van der Waals surface area (Å²) in [7, 11) is 0. The first-order valence-corrected chi connectivity index (χ1v) is 8.52. The maximum Gasteiger partial charge on any atom is 0.124 e. The van der Waals surface area contributed by atoms with Gasteiger partial charge in [-0.25, -0.2) is 0 Å². The zero-order valence-electron chi connectivity index (χ0n) is 12.0. The third-order valence-electron chi connectivity index (χ3n) is 2.87. The van der Waals surface area contributed by atoms with Crippen LogP contribution in [0, 0.1) is 0 Å². The SMILES string of the molecule is CCNC(c1cc(Br)cs1)c1ccccc1OC(C)C. The fraction of sp³-hybridized carbons (Fsp3) is 0.375. The molecule has 0 aliphatic rings. The van der Waals surface area contributed by atoms with Crippen molar-refractivity contribution in [2.45, 2.75) is 32.9 Å². The molecule has 0 saturated heterocycles. The Morgan fingerprint density at radius 2 is 2.05 bits per heavy atom. The lowest BCUT2D eigenvalue weighted by molar-refractivity contribution is 0.238. The number of para-hydroxylation sites is 1. The van der Waals surface area contributed by atoms with Crippen LogP contribution in [0.1, 0.15) is 37.3 Å². The van der Waals surface area contributed by atoms with Crippen LogP contribution in [-0.4, -0.2) is 12.6 Å². The van der Waals surface area contributed by atoms with Crippen LogP contribution in [0.15, 0.2) is 40.2 Å². The van der Waals surface area contributed by atoms with Crippen LogP contribution < -0.4 is 10.1 Å². The molecule has 1 heterocycles. The number of hydrogen-bond donors (Lipinski definition) is 1. The normalized spacial score (nSPS) is 12.7. The molecule has 0 aliphatic carbocycles. The van der Waals surface area contributed by atoms with Gasteiger partial charge in [0.25, 0.3) is 0 Å². The summed E-state index contributed by atoms with van der Waals surface area (Å²) >= 11 is 5.29. The van der Waals surface area contributed by atoms with Crippen molar-refractivity contribution in [2.24, 2.45) is 0 Å². The van der Waals surface area contributed by atoms with E-state index in [1.54, 1.807) is 11.3 Å². The van der Waals surface area contributed by atoms with E-state index in [0.29, 0.717) is 0 Å². The number of benzene rings is 1. The first-order valence-electron chi connectivity index (χ1n) is 6.84. The third-order valence-corrected chi connectivity index (χ3v) is 4.63. The first-order chi connectivity index (χ1) is 9.61. The summed E-state index contributed by atoms with van der Waals surface area (Å²) in [5, 5.41) is 5.67. The summed E-state index contributed by atoms with van der Waals surface area (Å²) in [6.45, 7) is 7.15. The Kier molecular flexibility index (Phi) is 5.64. The van der Waals surface area contributed by atoms with E-state index in [4.69, 9.17) is 4.74 Å². The zero-order valence-corrected chi connectivity index (χ0v) is 14.4. The van der Waals surface area contributed by atoms with Crippen LogP contribution in [0.4, 0.5) is 0 Å². The fourth-order valence-corrected chi connectivity index (χ4v) is 3.66. The lowest BCUT2D eigenvalue weighted by Gasteiger charge is -2.21. The molecule has 0 radical (unpaired) electrons. The maximum absolute atomic E-state index is 5.95. The second-order valence-corrected chi connectivity index (χ2v) is 6.72. The Morgan fingerprint density at radius 1 is 1.30 bits per heavy atom. The Bertz CT molecular complexity index is 553. The van der Waals surface area contributed by atoms with Gasteiger partial charge in [0.1, 0.15) is 5.75 Å². The van der Waals surface area contributed by atoms with Crippen LogP contribution in [0.25, 0.3) is 0 Å². The molecule has 0 spiro atoms. The average molecular weight is 354 g/mol. The van der Waals surface area contributed by atoms with Crippen LogP contribution in [-0.2, 0) is 0 Å². The van der Waals surface area contributed by atoms with Crippen molar-refractivity contribution in [1.29, 1.82) is 0 Å².